The van der Waals surface area contributed by atoms with Crippen molar-refractivity contribution in [2.24, 2.45) is 10.7 Å². The fraction of sp³-hybridized carbons (Fsp3) is 0.938. The molecule has 6 heteroatoms. The van der Waals surface area contributed by atoms with E-state index in [1.54, 1.807) is 0 Å². The third kappa shape index (κ3) is 3.91. The van der Waals surface area contributed by atoms with Crippen LogP contribution in [0.15, 0.2) is 4.99 Å². The average molecular weight is 311 g/mol. The summed E-state index contributed by atoms with van der Waals surface area (Å²) in [5.74, 6) is 0.263. The molecule has 0 amide bonds. The highest BCUT2D eigenvalue weighted by molar-refractivity contribution is 5.78. The van der Waals surface area contributed by atoms with E-state index in [0.717, 1.165) is 25.9 Å². The second kappa shape index (κ2) is 7.15. The summed E-state index contributed by atoms with van der Waals surface area (Å²) in [6, 6.07) is 0. The first kappa shape index (κ1) is 16.0. The molecule has 2 unspecified atom stereocenters. The zero-order chi connectivity index (χ0) is 15.4. The van der Waals surface area contributed by atoms with Crippen molar-refractivity contribution in [3.05, 3.63) is 0 Å². The highest BCUT2D eigenvalue weighted by Gasteiger charge is 2.41. The Kier molecular flexibility index (Phi) is 5.21. The maximum absolute atomic E-state index is 6.20. The normalized spacial score (nSPS) is 33.1. The molecule has 0 radical (unpaired) electrons. The van der Waals surface area contributed by atoms with Gasteiger partial charge in [0.15, 0.2) is 11.7 Å². The standard InChI is InChI=1S/C16H29N3O3/c1-13-11-19(8-9-20-13)15(17)18-10-14-12-21-16(22-14)6-4-2-3-5-7-16/h13-14H,2-12H2,1H3,(H2,17,18). The molecule has 3 aliphatic rings. The van der Waals surface area contributed by atoms with Crippen molar-refractivity contribution in [1.82, 2.24) is 4.90 Å². The van der Waals surface area contributed by atoms with Crippen LogP contribution in [-0.2, 0) is 14.2 Å². The van der Waals surface area contributed by atoms with Crippen LogP contribution in [0.1, 0.15) is 45.4 Å². The number of nitrogens with two attached hydrogens (primary N) is 1. The summed E-state index contributed by atoms with van der Waals surface area (Å²) < 4.78 is 17.7. The monoisotopic (exact) mass is 311 g/mol. The van der Waals surface area contributed by atoms with E-state index in [2.05, 4.69) is 16.8 Å². The van der Waals surface area contributed by atoms with Gasteiger partial charge in [0, 0.05) is 25.9 Å². The van der Waals surface area contributed by atoms with Crippen molar-refractivity contribution >= 4 is 5.96 Å². The van der Waals surface area contributed by atoms with Crippen LogP contribution in [0.5, 0.6) is 0 Å². The van der Waals surface area contributed by atoms with E-state index in [4.69, 9.17) is 19.9 Å². The van der Waals surface area contributed by atoms with Crippen LogP contribution in [0, 0.1) is 0 Å². The maximum atomic E-state index is 6.20. The van der Waals surface area contributed by atoms with Crippen LogP contribution < -0.4 is 5.73 Å². The number of hydrogen-bond donors (Lipinski definition) is 1. The van der Waals surface area contributed by atoms with Gasteiger partial charge >= 0.3 is 0 Å². The van der Waals surface area contributed by atoms with Crippen molar-refractivity contribution in [3.8, 4) is 0 Å². The summed E-state index contributed by atoms with van der Waals surface area (Å²) in [5, 5.41) is 0. The zero-order valence-corrected chi connectivity index (χ0v) is 13.6. The van der Waals surface area contributed by atoms with Crippen molar-refractivity contribution in [1.29, 1.82) is 0 Å². The quantitative estimate of drug-likeness (QED) is 0.618. The minimum Gasteiger partial charge on any atom is -0.375 e. The van der Waals surface area contributed by atoms with Crippen molar-refractivity contribution in [2.75, 3.05) is 32.8 Å². The van der Waals surface area contributed by atoms with Crippen LogP contribution in [-0.4, -0.2) is 61.7 Å². The van der Waals surface area contributed by atoms with Crippen molar-refractivity contribution < 1.29 is 14.2 Å². The average Bonchev–Trinajstić information content (AvgIpc) is 2.76. The molecule has 2 saturated heterocycles. The molecule has 2 heterocycles. The van der Waals surface area contributed by atoms with Crippen molar-refractivity contribution in [2.45, 2.75) is 63.4 Å². The van der Waals surface area contributed by atoms with Crippen LogP contribution >= 0.6 is 0 Å². The van der Waals surface area contributed by atoms with Gasteiger partial charge in [-0.05, 0) is 19.8 Å². The smallest absolute Gasteiger partial charge is 0.191 e. The number of aliphatic imine (C=N–C) groups is 1. The maximum Gasteiger partial charge on any atom is 0.191 e. The van der Waals surface area contributed by atoms with E-state index in [0.29, 0.717) is 25.7 Å². The van der Waals surface area contributed by atoms with Gasteiger partial charge in [0.05, 0.1) is 25.9 Å². The van der Waals surface area contributed by atoms with Crippen LogP contribution in [0.2, 0.25) is 0 Å². The number of morpholine rings is 1. The van der Waals surface area contributed by atoms with E-state index >= 15 is 0 Å². The number of guanidine groups is 1. The van der Waals surface area contributed by atoms with Gasteiger partial charge in [0.2, 0.25) is 0 Å². The molecular formula is C16H29N3O3. The van der Waals surface area contributed by atoms with E-state index in [1.165, 1.54) is 25.7 Å². The predicted molar refractivity (Wildman–Crippen MR) is 84.7 cm³/mol. The van der Waals surface area contributed by atoms with Gasteiger partial charge in [-0.1, -0.05) is 12.8 Å². The van der Waals surface area contributed by atoms with Gasteiger partial charge in [-0.25, -0.2) is 0 Å². The molecule has 2 aliphatic heterocycles. The second-order valence-electron chi connectivity index (χ2n) is 6.70. The first-order valence-corrected chi connectivity index (χ1v) is 8.65. The topological polar surface area (TPSA) is 69.3 Å². The van der Waals surface area contributed by atoms with E-state index in [1.807, 2.05) is 0 Å². The molecule has 2 atom stereocenters. The Hall–Kier alpha value is -0.850. The lowest BCUT2D eigenvalue weighted by Crippen LogP contribution is -2.48. The van der Waals surface area contributed by atoms with Gasteiger partial charge < -0.3 is 24.8 Å². The lowest BCUT2D eigenvalue weighted by molar-refractivity contribution is -0.174. The van der Waals surface area contributed by atoms with E-state index in [-0.39, 0.29) is 18.0 Å². The van der Waals surface area contributed by atoms with Gasteiger partial charge in [-0.3, -0.25) is 4.99 Å². The minimum absolute atomic E-state index is 0.0371. The molecule has 3 rings (SSSR count). The number of rotatable bonds is 2. The molecule has 0 aromatic rings. The molecule has 1 aliphatic carbocycles. The molecular weight excluding hydrogens is 282 g/mol. The molecule has 0 aromatic carbocycles. The Balaban J connectivity index is 1.50. The molecule has 1 spiro atoms. The lowest BCUT2D eigenvalue weighted by Gasteiger charge is -2.32. The predicted octanol–water partition coefficient (Wildman–Crippen LogP) is 1.49. The highest BCUT2D eigenvalue weighted by Crippen LogP contribution is 2.36. The first-order valence-electron chi connectivity index (χ1n) is 8.65. The Morgan fingerprint density at radius 2 is 2.05 bits per heavy atom. The molecule has 0 aromatic heterocycles. The minimum atomic E-state index is -0.334. The van der Waals surface area contributed by atoms with Crippen LogP contribution in [0.3, 0.4) is 0 Å². The first-order chi connectivity index (χ1) is 10.7. The highest BCUT2D eigenvalue weighted by atomic mass is 16.7. The van der Waals surface area contributed by atoms with Crippen LogP contribution in [0.4, 0.5) is 0 Å². The summed E-state index contributed by atoms with van der Waals surface area (Å²) in [6.45, 7) is 5.61. The van der Waals surface area contributed by atoms with Crippen LogP contribution in [0.25, 0.3) is 0 Å². The Bertz CT molecular complexity index is 394. The summed E-state index contributed by atoms with van der Waals surface area (Å²) in [7, 11) is 0. The number of ether oxygens (including phenoxy) is 3. The summed E-state index contributed by atoms with van der Waals surface area (Å²) in [6.07, 6.45) is 7.26. The molecule has 22 heavy (non-hydrogen) atoms. The third-order valence-corrected chi connectivity index (χ3v) is 4.80. The fourth-order valence-electron chi connectivity index (χ4n) is 3.56. The fourth-order valence-corrected chi connectivity index (χ4v) is 3.56. The van der Waals surface area contributed by atoms with E-state index in [9.17, 15) is 0 Å². The van der Waals surface area contributed by atoms with Crippen molar-refractivity contribution in [3.63, 3.8) is 0 Å². The summed E-state index contributed by atoms with van der Waals surface area (Å²) in [5.41, 5.74) is 6.11. The summed E-state index contributed by atoms with van der Waals surface area (Å²) >= 11 is 0. The Labute approximate surface area is 133 Å². The molecule has 2 N–H and O–H groups in total. The van der Waals surface area contributed by atoms with E-state index < -0.39 is 0 Å². The zero-order valence-electron chi connectivity index (χ0n) is 13.6. The van der Waals surface area contributed by atoms with Gasteiger partial charge in [-0.15, -0.1) is 0 Å². The molecule has 6 nitrogen and oxygen atoms in total. The Morgan fingerprint density at radius 1 is 1.27 bits per heavy atom. The lowest BCUT2D eigenvalue weighted by atomic mass is 10.1. The molecule has 3 fully saturated rings. The Morgan fingerprint density at radius 3 is 2.77 bits per heavy atom. The SMILES string of the molecule is CC1CN(C(N)=NCC2COC3(CCCCCC3)O2)CCO1. The number of nitrogens with zero attached hydrogens (tertiary/aromatic N) is 2. The molecule has 0 bridgehead atoms. The third-order valence-electron chi connectivity index (χ3n) is 4.80. The molecule has 1 saturated carbocycles. The van der Waals surface area contributed by atoms with Gasteiger partial charge in [-0.2, -0.15) is 0 Å². The molecule has 126 valence electrons. The second-order valence-corrected chi connectivity index (χ2v) is 6.70. The largest absolute Gasteiger partial charge is 0.375 e. The van der Waals surface area contributed by atoms with Gasteiger partial charge in [0.1, 0.15) is 6.10 Å². The van der Waals surface area contributed by atoms with Gasteiger partial charge in [0.25, 0.3) is 0 Å². The number of hydrogen-bond acceptors (Lipinski definition) is 4. The summed E-state index contributed by atoms with van der Waals surface area (Å²) in [4.78, 5) is 6.61.